The average molecular weight is 428 g/mol. The van der Waals surface area contributed by atoms with Crippen molar-refractivity contribution in [3.8, 4) is 10.4 Å². The van der Waals surface area contributed by atoms with E-state index in [4.69, 9.17) is 5.73 Å². The van der Waals surface area contributed by atoms with Crippen LogP contribution in [0.25, 0.3) is 10.4 Å². The second-order valence-corrected chi connectivity index (χ2v) is 10.6. The molecule has 0 fully saturated rings. The Hall–Kier alpha value is -2.40. The van der Waals surface area contributed by atoms with E-state index >= 15 is 0 Å². The summed E-state index contributed by atoms with van der Waals surface area (Å²) in [6, 6.07) is 16.9. The molecule has 7 heteroatoms. The minimum atomic E-state index is -2.98. The van der Waals surface area contributed by atoms with E-state index in [-0.39, 0.29) is 5.91 Å². The molecule has 3 aromatic rings. The fourth-order valence-corrected chi connectivity index (χ4v) is 4.66. The van der Waals surface area contributed by atoms with Gasteiger partial charge in [0.15, 0.2) is 7.37 Å². The summed E-state index contributed by atoms with van der Waals surface area (Å²) in [6.07, 6.45) is 2.00. The average Bonchev–Trinajstić information content (AvgIpc) is 3.25. The molecule has 2 aromatic carbocycles. The Labute approximate surface area is 175 Å². The van der Waals surface area contributed by atoms with Crippen LogP contribution in [-0.4, -0.2) is 23.1 Å². The third-order valence-electron chi connectivity index (χ3n) is 4.79. The third-order valence-corrected chi connectivity index (χ3v) is 7.71. The number of carbonyl (C=O) groups excluding carboxylic acids is 1. The molecule has 1 unspecified atom stereocenters. The molecule has 5 nitrogen and oxygen atoms in total. The molecule has 1 heterocycles. The maximum absolute atomic E-state index is 12.6. The van der Waals surface area contributed by atoms with Crippen LogP contribution in [-0.2, 0) is 11.0 Å². The van der Waals surface area contributed by atoms with E-state index in [0.29, 0.717) is 42.1 Å². The normalized spacial score (nSPS) is 13.0. The summed E-state index contributed by atoms with van der Waals surface area (Å²) in [4.78, 5) is 23.4. The fourth-order valence-electron chi connectivity index (χ4n) is 2.97. The van der Waals surface area contributed by atoms with Crippen molar-refractivity contribution in [2.45, 2.75) is 19.8 Å². The van der Waals surface area contributed by atoms with Gasteiger partial charge in [0.25, 0.3) is 5.91 Å². The van der Waals surface area contributed by atoms with E-state index in [9.17, 15) is 14.3 Å². The van der Waals surface area contributed by atoms with Crippen molar-refractivity contribution in [3.05, 3.63) is 71.1 Å². The van der Waals surface area contributed by atoms with Crippen LogP contribution >= 0.6 is 18.7 Å². The van der Waals surface area contributed by atoms with Gasteiger partial charge in [-0.2, -0.15) is 0 Å². The van der Waals surface area contributed by atoms with Gasteiger partial charge in [0, 0.05) is 22.8 Å². The molecule has 29 heavy (non-hydrogen) atoms. The summed E-state index contributed by atoms with van der Waals surface area (Å²) in [5, 5.41) is 4.90. The number of nitrogen functional groups attached to an aromatic ring is 1. The van der Waals surface area contributed by atoms with Crippen LogP contribution in [0.2, 0.25) is 0 Å². The van der Waals surface area contributed by atoms with Gasteiger partial charge in [-0.1, -0.05) is 31.2 Å². The number of carbonyl (C=O) groups is 1. The molecule has 152 valence electrons. The lowest BCUT2D eigenvalue weighted by molar-refractivity contribution is 0.102. The van der Waals surface area contributed by atoms with Gasteiger partial charge in [-0.3, -0.25) is 9.36 Å². The zero-order valence-electron chi connectivity index (χ0n) is 16.3. The summed E-state index contributed by atoms with van der Waals surface area (Å²) in [5.74, 6) is -0.225. The Morgan fingerprint density at radius 1 is 1.17 bits per heavy atom. The van der Waals surface area contributed by atoms with Crippen molar-refractivity contribution >= 4 is 36.0 Å². The topological polar surface area (TPSA) is 92.4 Å². The second kappa shape index (κ2) is 9.40. The fraction of sp³-hybridized carbons (Fsp3) is 0.227. The molecule has 1 atom stereocenters. The van der Waals surface area contributed by atoms with E-state index in [1.54, 1.807) is 36.5 Å². The number of aryl methyl sites for hydroxylation is 1. The molecule has 0 aliphatic rings. The highest BCUT2D eigenvalue weighted by atomic mass is 32.1. The van der Waals surface area contributed by atoms with Gasteiger partial charge < -0.3 is 15.9 Å². The Balaban J connectivity index is 1.64. The van der Waals surface area contributed by atoms with Crippen molar-refractivity contribution in [1.82, 2.24) is 0 Å². The van der Waals surface area contributed by atoms with Crippen LogP contribution in [0, 0.1) is 0 Å². The molecule has 0 saturated carbocycles. The lowest BCUT2D eigenvalue weighted by atomic mass is 10.1. The van der Waals surface area contributed by atoms with Gasteiger partial charge in [-0.15, -0.1) is 11.3 Å². The number of thiophene rings is 1. The molecule has 0 radical (unpaired) electrons. The molecule has 0 aliphatic heterocycles. The zero-order valence-corrected chi connectivity index (χ0v) is 18.0. The number of hydrogen-bond donors (Lipinski definition) is 3. The highest BCUT2D eigenvalue weighted by Crippen LogP contribution is 2.40. The summed E-state index contributed by atoms with van der Waals surface area (Å²) in [7, 11) is -2.98. The molecule has 4 N–H and O–H groups in total. The van der Waals surface area contributed by atoms with Gasteiger partial charge in [0.2, 0.25) is 0 Å². The van der Waals surface area contributed by atoms with Gasteiger partial charge in [0.1, 0.15) is 0 Å². The molecule has 0 spiro atoms. The van der Waals surface area contributed by atoms with Crippen LogP contribution in [0.1, 0.15) is 29.3 Å². The quantitative estimate of drug-likeness (QED) is 0.328. The Kier molecular flexibility index (Phi) is 6.91. The minimum absolute atomic E-state index is 0.225. The monoisotopic (exact) mass is 428 g/mol. The molecular formula is C22H25N2O3PS. The number of amides is 1. The Bertz CT molecular complexity index is 1020. The largest absolute Gasteiger partial charge is 0.397 e. The SMILES string of the molecule is CCP(=O)(O)CCCc1ccc(C(=O)Nc2cc(-c3cccs3)ccc2N)cc1. The number of hydrogen-bond acceptors (Lipinski definition) is 4. The lowest BCUT2D eigenvalue weighted by Gasteiger charge is -2.11. The molecule has 1 amide bonds. The predicted octanol–water partition coefficient (Wildman–Crippen LogP) is 5.47. The summed E-state index contributed by atoms with van der Waals surface area (Å²) in [6.45, 7) is 1.73. The number of nitrogens with two attached hydrogens (primary N) is 1. The van der Waals surface area contributed by atoms with Crippen molar-refractivity contribution in [2.24, 2.45) is 0 Å². The predicted molar refractivity (Wildman–Crippen MR) is 122 cm³/mol. The molecule has 0 bridgehead atoms. The maximum Gasteiger partial charge on any atom is 0.255 e. The number of benzene rings is 2. The molecule has 3 rings (SSSR count). The van der Waals surface area contributed by atoms with Crippen LogP contribution < -0.4 is 11.1 Å². The van der Waals surface area contributed by atoms with Crippen molar-refractivity contribution in [3.63, 3.8) is 0 Å². The first-order valence-electron chi connectivity index (χ1n) is 9.52. The van der Waals surface area contributed by atoms with Crippen LogP contribution in [0.4, 0.5) is 11.4 Å². The highest BCUT2D eigenvalue weighted by Gasteiger charge is 2.14. The molecule has 0 saturated heterocycles. The minimum Gasteiger partial charge on any atom is -0.397 e. The second-order valence-electron chi connectivity index (χ2n) is 6.92. The number of anilines is 2. The zero-order chi connectivity index (χ0) is 20.9. The highest BCUT2D eigenvalue weighted by molar-refractivity contribution is 7.57. The van der Waals surface area contributed by atoms with Crippen molar-refractivity contribution in [1.29, 1.82) is 0 Å². The third kappa shape index (κ3) is 5.80. The molecule has 0 aliphatic carbocycles. The molecular weight excluding hydrogens is 403 g/mol. The van der Waals surface area contributed by atoms with Gasteiger partial charge in [0.05, 0.1) is 11.4 Å². The van der Waals surface area contributed by atoms with Gasteiger partial charge in [-0.25, -0.2) is 0 Å². The standard InChI is InChI=1S/C22H25N2O3PS/c1-2-28(26,27)13-3-5-16-7-9-17(10-8-16)22(25)24-20-15-18(11-12-19(20)23)21-6-4-14-29-21/h4,6-12,14-15H,2-3,5,13,23H2,1H3,(H,24,25)(H,26,27). The van der Waals surface area contributed by atoms with E-state index in [0.717, 1.165) is 16.0 Å². The Morgan fingerprint density at radius 2 is 1.93 bits per heavy atom. The van der Waals surface area contributed by atoms with E-state index < -0.39 is 7.37 Å². The van der Waals surface area contributed by atoms with Crippen LogP contribution in [0.15, 0.2) is 60.0 Å². The maximum atomic E-state index is 12.6. The first-order valence-corrected chi connectivity index (χ1v) is 12.4. The van der Waals surface area contributed by atoms with Crippen molar-refractivity contribution < 1.29 is 14.3 Å². The lowest BCUT2D eigenvalue weighted by Crippen LogP contribution is -2.13. The van der Waals surface area contributed by atoms with E-state index in [1.165, 1.54) is 0 Å². The molecule has 1 aromatic heterocycles. The first kappa shape index (κ1) is 21.3. The number of rotatable bonds is 8. The van der Waals surface area contributed by atoms with Crippen LogP contribution in [0.5, 0.6) is 0 Å². The van der Waals surface area contributed by atoms with E-state index in [1.807, 2.05) is 41.8 Å². The summed E-state index contributed by atoms with van der Waals surface area (Å²) in [5.41, 5.74) is 9.72. The summed E-state index contributed by atoms with van der Waals surface area (Å²) < 4.78 is 11.7. The van der Waals surface area contributed by atoms with Crippen molar-refractivity contribution in [2.75, 3.05) is 23.4 Å². The smallest absolute Gasteiger partial charge is 0.255 e. The van der Waals surface area contributed by atoms with Gasteiger partial charge >= 0.3 is 0 Å². The number of nitrogens with one attached hydrogen (secondary N) is 1. The first-order chi connectivity index (χ1) is 13.9. The summed E-state index contributed by atoms with van der Waals surface area (Å²) >= 11 is 1.63. The van der Waals surface area contributed by atoms with E-state index in [2.05, 4.69) is 5.32 Å². The Morgan fingerprint density at radius 3 is 2.59 bits per heavy atom. The van der Waals surface area contributed by atoms with Crippen LogP contribution in [0.3, 0.4) is 0 Å². The van der Waals surface area contributed by atoms with Gasteiger partial charge in [-0.05, 0) is 59.7 Å².